The lowest BCUT2D eigenvalue weighted by molar-refractivity contribution is 0.280. The Morgan fingerprint density at radius 2 is 2.00 bits per heavy atom. The molecule has 1 aromatic heterocycles. The van der Waals surface area contributed by atoms with E-state index in [4.69, 9.17) is 21.1 Å². The molecule has 0 amide bonds. The van der Waals surface area contributed by atoms with Crippen LogP contribution in [0.25, 0.3) is 10.2 Å². The van der Waals surface area contributed by atoms with Crippen LogP contribution in [0.15, 0.2) is 65.8 Å². The van der Waals surface area contributed by atoms with Gasteiger partial charge in [-0.15, -0.1) is 0 Å². The number of hydrogen-bond acceptors (Lipinski definition) is 6. The summed E-state index contributed by atoms with van der Waals surface area (Å²) < 4.78 is 26.2. The fraction of sp³-hybridized carbons (Fsp3) is 0.0909. The third-order valence-electron chi connectivity index (χ3n) is 4.29. The Labute approximate surface area is 181 Å². The molecule has 0 radical (unpaired) electrons. The van der Waals surface area contributed by atoms with Crippen molar-refractivity contribution in [1.82, 2.24) is 4.98 Å². The molecule has 1 heterocycles. The maximum absolute atomic E-state index is 14.0. The molecule has 5 nitrogen and oxygen atoms in total. The fourth-order valence-electron chi connectivity index (χ4n) is 2.79. The highest BCUT2D eigenvalue weighted by Crippen LogP contribution is 2.30. The van der Waals surface area contributed by atoms with Crippen molar-refractivity contribution in [2.75, 3.05) is 12.5 Å². The van der Waals surface area contributed by atoms with Gasteiger partial charge in [0.1, 0.15) is 12.4 Å². The minimum atomic E-state index is -0.417. The summed E-state index contributed by atoms with van der Waals surface area (Å²) in [5, 5.41) is 5.26. The summed E-state index contributed by atoms with van der Waals surface area (Å²) in [5.41, 5.74) is 4.93. The number of aromatic nitrogens is 1. The summed E-state index contributed by atoms with van der Waals surface area (Å²) in [7, 11) is 1.54. The van der Waals surface area contributed by atoms with Crippen molar-refractivity contribution < 1.29 is 13.9 Å². The van der Waals surface area contributed by atoms with E-state index in [-0.39, 0.29) is 12.2 Å². The van der Waals surface area contributed by atoms with Crippen LogP contribution in [0.5, 0.6) is 11.5 Å². The monoisotopic (exact) mass is 441 g/mol. The van der Waals surface area contributed by atoms with Crippen molar-refractivity contribution in [1.29, 1.82) is 0 Å². The number of para-hydroxylation sites is 1. The van der Waals surface area contributed by atoms with E-state index in [0.29, 0.717) is 21.7 Å². The Bertz CT molecular complexity index is 1160. The van der Waals surface area contributed by atoms with Crippen molar-refractivity contribution in [3.05, 3.63) is 82.6 Å². The van der Waals surface area contributed by atoms with Crippen molar-refractivity contribution in [2.24, 2.45) is 5.10 Å². The summed E-state index contributed by atoms with van der Waals surface area (Å²) in [6.45, 7) is -0.0214. The van der Waals surface area contributed by atoms with Crippen LogP contribution in [0, 0.1) is 5.82 Å². The first-order chi connectivity index (χ1) is 14.6. The lowest BCUT2D eigenvalue weighted by Crippen LogP contribution is -2.01. The number of thiazole rings is 1. The van der Waals surface area contributed by atoms with Gasteiger partial charge in [0.2, 0.25) is 5.13 Å². The quantitative estimate of drug-likeness (QED) is 0.277. The van der Waals surface area contributed by atoms with Gasteiger partial charge in [-0.25, -0.2) is 9.37 Å². The first-order valence-corrected chi connectivity index (χ1v) is 10.2. The maximum Gasteiger partial charge on any atom is 0.204 e. The Balaban J connectivity index is 1.48. The van der Waals surface area contributed by atoms with E-state index in [9.17, 15) is 4.39 Å². The molecule has 0 saturated carbocycles. The molecule has 30 heavy (non-hydrogen) atoms. The molecule has 0 saturated heterocycles. The highest BCUT2D eigenvalue weighted by atomic mass is 35.5. The molecule has 1 N–H and O–H groups in total. The number of fused-ring (bicyclic) bond motifs is 1. The SMILES string of the molecule is COc1ccc(/C=N/Nc2nc3ccccc3s2)cc1OCc1c(F)cccc1Cl. The second-order valence-electron chi connectivity index (χ2n) is 6.26. The summed E-state index contributed by atoms with van der Waals surface area (Å²) >= 11 is 7.59. The summed E-state index contributed by atoms with van der Waals surface area (Å²) in [4.78, 5) is 4.47. The zero-order chi connectivity index (χ0) is 20.9. The lowest BCUT2D eigenvalue weighted by Gasteiger charge is -2.12. The normalized spacial score (nSPS) is 11.2. The van der Waals surface area contributed by atoms with Gasteiger partial charge >= 0.3 is 0 Å². The largest absolute Gasteiger partial charge is 0.493 e. The number of hydrogen-bond donors (Lipinski definition) is 1. The van der Waals surface area contributed by atoms with E-state index >= 15 is 0 Å². The van der Waals surface area contributed by atoms with Crippen LogP contribution in [0.4, 0.5) is 9.52 Å². The highest BCUT2D eigenvalue weighted by Gasteiger charge is 2.11. The molecule has 0 fully saturated rings. The van der Waals surface area contributed by atoms with E-state index in [0.717, 1.165) is 15.8 Å². The van der Waals surface area contributed by atoms with E-state index in [2.05, 4.69) is 15.5 Å². The van der Waals surface area contributed by atoms with Crippen LogP contribution < -0.4 is 14.9 Å². The molecule has 0 unspecified atom stereocenters. The van der Waals surface area contributed by atoms with Gasteiger partial charge in [-0.2, -0.15) is 5.10 Å². The summed E-state index contributed by atoms with van der Waals surface area (Å²) in [5.74, 6) is 0.568. The van der Waals surface area contributed by atoms with Crippen LogP contribution in [-0.2, 0) is 6.61 Å². The molecule has 0 bridgehead atoms. The minimum Gasteiger partial charge on any atom is -0.493 e. The molecule has 4 rings (SSSR count). The van der Waals surface area contributed by atoms with Gasteiger partial charge in [0.15, 0.2) is 11.5 Å². The van der Waals surface area contributed by atoms with E-state index in [1.807, 2.05) is 30.3 Å². The number of hydrazone groups is 1. The molecule has 0 spiro atoms. The number of halogens is 2. The Kier molecular flexibility index (Phi) is 6.11. The van der Waals surface area contributed by atoms with Crippen molar-refractivity contribution in [3.8, 4) is 11.5 Å². The number of rotatable bonds is 7. The molecule has 0 aliphatic carbocycles. The number of methoxy groups -OCH3 is 1. The number of nitrogens with one attached hydrogen (secondary N) is 1. The molecule has 4 aromatic rings. The van der Waals surface area contributed by atoms with E-state index < -0.39 is 5.82 Å². The predicted molar refractivity (Wildman–Crippen MR) is 120 cm³/mol. The van der Waals surface area contributed by atoms with E-state index in [1.54, 1.807) is 37.6 Å². The van der Waals surface area contributed by atoms with Crippen LogP contribution in [0.3, 0.4) is 0 Å². The van der Waals surface area contributed by atoms with Crippen LogP contribution in [0.2, 0.25) is 5.02 Å². The third-order valence-corrected chi connectivity index (χ3v) is 5.58. The average Bonchev–Trinajstić information content (AvgIpc) is 3.16. The van der Waals surface area contributed by atoms with Gasteiger partial charge in [-0.1, -0.05) is 41.1 Å². The Hall–Kier alpha value is -3.16. The summed E-state index contributed by atoms with van der Waals surface area (Å²) in [6, 6.07) is 17.8. The van der Waals surface area contributed by atoms with Gasteiger partial charge in [0, 0.05) is 5.56 Å². The smallest absolute Gasteiger partial charge is 0.204 e. The van der Waals surface area contributed by atoms with Gasteiger partial charge < -0.3 is 9.47 Å². The average molecular weight is 442 g/mol. The zero-order valence-electron chi connectivity index (χ0n) is 15.9. The number of nitrogens with zero attached hydrogens (tertiary/aromatic N) is 2. The van der Waals surface area contributed by atoms with Gasteiger partial charge in [0.25, 0.3) is 0 Å². The van der Waals surface area contributed by atoms with Crippen molar-refractivity contribution in [2.45, 2.75) is 6.61 Å². The number of benzene rings is 3. The Morgan fingerprint density at radius 1 is 1.13 bits per heavy atom. The predicted octanol–water partition coefficient (Wildman–Crippen LogP) is 6.12. The maximum atomic E-state index is 14.0. The minimum absolute atomic E-state index is 0.0214. The molecule has 0 aliphatic heterocycles. The molecule has 3 aromatic carbocycles. The van der Waals surface area contributed by atoms with Gasteiger partial charge in [0.05, 0.1) is 28.6 Å². The molecule has 0 atom stereocenters. The highest BCUT2D eigenvalue weighted by molar-refractivity contribution is 7.22. The first-order valence-electron chi connectivity index (χ1n) is 9.02. The fourth-order valence-corrected chi connectivity index (χ4v) is 3.82. The van der Waals surface area contributed by atoms with Gasteiger partial charge in [-0.3, -0.25) is 5.43 Å². The molecule has 152 valence electrons. The van der Waals surface area contributed by atoms with Crippen LogP contribution in [0.1, 0.15) is 11.1 Å². The topological polar surface area (TPSA) is 55.7 Å². The lowest BCUT2D eigenvalue weighted by atomic mass is 10.2. The van der Waals surface area contributed by atoms with Gasteiger partial charge in [-0.05, 0) is 48.0 Å². The van der Waals surface area contributed by atoms with Crippen molar-refractivity contribution in [3.63, 3.8) is 0 Å². The number of anilines is 1. The Morgan fingerprint density at radius 3 is 2.80 bits per heavy atom. The molecule has 8 heteroatoms. The second kappa shape index (κ2) is 9.11. The summed E-state index contributed by atoms with van der Waals surface area (Å²) in [6.07, 6.45) is 1.65. The zero-order valence-corrected chi connectivity index (χ0v) is 17.5. The number of ether oxygens (including phenoxy) is 2. The molecular formula is C22H17ClFN3O2S. The van der Waals surface area contributed by atoms with Crippen molar-refractivity contribution >= 4 is 44.5 Å². The molecule has 0 aliphatic rings. The first kappa shape index (κ1) is 20.1. The molecular weight excluding hydrogens is 425 g/mol. The third kappa shape index (κ3) is 4.53. The van der Waals surface area contributed by atoms with Crippen LogP contribution >= 0.6 is 22.9 Å². The van der Waals surface area contributed by atoms with E-state index in [1.165, 1.54) is 17.4 Å². The standard InChI is InChI=1S/C22H17ClFN3O2S/c1-28-19-10-9-14(11-20(19)29-13-15-16(23)5-4-6-17(15)24)12-25-27-22-26-18-7-2-3-8-21(18)30-22/h2-12H,13H2,1H3,(H,26,27)/b25-12+. The van der Waals surface area contributed by atoms with Crippen LogP contribution in [-0.4, -0.2) is 18.3 Å². The second-order valence-corrected chi connectivity index (χ2v) is 7.69.